The van der Waals surface area contributed by atoms with Crippen LogP contribution in [0.4, 0.5) is 0 Å². The van der Waals surface area contributed by atoms with E-state index >= 15 is 0 Å². The molecule has 0 aliphatic rings. The molecule has 0 fully saturated rings. The van der Waals surface area contributed by atoms with Crippen LogP contribution >= 0.6 is 15.9 Å². The zero-order chi connectivity index (χ0) is 6.41. The number of rotatable bonds is 4. The summed E-state index contributed by atoms with van der Waals surface area (Å²) in [4.78, 5) is 0. The summed E-state index contributed by atoms with van der Waals surface area (Å²) in [5.74, 6) is 0. The molecule has 0 aromatic heterocycles. The van der Waals surface area contributed by atoms with Crippen molar-refractivity contribution in [2.75, 3.05) is 6.61 Å². The van der Waals surface area contributed by atoms with Crippen molar-refractivity contribution in [2.45, 2.75) is 0 Å². The van der Waals surface area contributed by atoms with E-state index in [1.807, 2.05) is 0 Å². The van der Waals surface area contributed by atoms with Crippen LogP contribution in [0, 0.1) is 0 Å². The van der Waals surface area contributed by atoms with Gasteiger partial charge in [-0.3, -0.25) is 0 Å². The third-order valence-corrected chi connectivity index (χ3v) is 1.62. The first-order chi connectivity index (χ1) is 3.81. The summed E-state index contributed by atoms with van der Waals surface area (Å²) in [6.07, 6.45) is 1.44. The lowest BCUT2D eigenvalue weighted by atomic mass is 10.7. The molecule has 0 aliphatic carbocycles. The molecule has 0 amide bonds. The molecule has 0 aromatic rings. The molecule has 0 rings (SSSR count). The summed E-state index contributed by atoms with van der Waals surface area (Å²) in [5, 5.41) is 0. The first-order valence-corrected chi connectivity index (χ1v) is 4.55. The number of hydrogen-bond acceptors (Lipinski definition) is 3. The zero-order valence-corrected chi connectivity index (χ0v) is 5.90. The van der Waals surface area contributed by atoms with Crippen molar-refractivity contribution in [3.8, 4) is 0 Å². The summed E-state index contributed by atoms with van der Waals surface area (Å²) in [5.41, 5.74) is 0. The first kappa shape index (κ1) is 7.90. The van der Waals surface area contributed by atoms with Gasteiger partial charge in [0.1, 0.15) is 6.61 Å². The molecule has 44 valence electrons. The lowest BCUT2D eigenvalue weighted by molar-refractivity contribution is 0.382. The maximum absolute atomic E-state index is 10.1. The fourth-order valence-electron chi connectivity index (χ4n) is 0.140. The minimum absolute atomic E-state index is 0.185. The summed E-state index contributed by atoms with van der Waals surface area (Å²) in [7, 11) is -2.45. The van der Waals surface area contributed by atoms with Gasteiger partial charge in [0.2, 0.25) is 0 Å². The van der Waals surface area contributed by atoms with Gasteiger partial charge >= 0.3 is 15.9 Å². The highest BCUT2D eigenvalue weighted by molar-refractivity contribution is 8.06. The van der Waals surface area contributed by atoms with E-state index in [1.54, 1.807) is 0 Å². The SMILES string of the molecule is C=CCO[P+](=O)P=O. The molecule has 0 radical (unpaired) electrons. The topological polar surface area (TPSA) is 43.4 Å². The zero-order valence-electron chi connectivity index (χ0n) is 4.11. The molecule has 0 saturated heterocycles. The van der Waals surface area contributed by atoms with Gasteiger partial charge < -0.3 is 0 Å². The average Bonchev–Trinajstić information content (AvgIpc) is 1.83. The molecule has 3 nitrogen and oxygen atoms in total. The predicted molar refractivity (Wildman–Crippen MR) is 31.4 cm³/mol. The van der Waals surface area contributed by atoms with Crippen LogP contribution in [0.25, 0.3) is 0 Å². The standard InChI is InChI=1S/C3H5O3P2/c1-2-3-6-8(5)7-4/h2H,1,3H2/q+1. The average molecular weight is 151 g/mol. The molecule has 0 N–H and O–H groups in total. The van der Waals surface area contributed by atoms with Gasteiger partial charge in [0.05, 0.1) is 0 Å². The summed E-state index contributed by atoms with van der Waals surface area (Å²) in [6.45, 7) is 3.49. The Labute approximate surface area is 49.7 Å². The van der Waals surface area contributed by atoms with E-state index in [0.717, 1.165) is 0 Å². The van der Waals surface area contributed by atoms with Crippen molar-refractivity contribution >= 4 is 15.9 Å². The lowest BCUT2D eigenvalue weighted by Gasteiger charge is -1.71. The highest BCUT2D eigenvalue weighted by Crippen LogP contribution is 2.36. The Morgan fingerprint density at radius 2 is 2.50 bits per heavy atom. The summed E-state index contributed by atoms with van der Waals surface area (Å²) >= 11 is 0. The van der Waals surface area contributed by atoms with Crippen molar-refractivity contribution in [2.24, 2.45) is 0 Å². The Bertz CT molecular complexity index is 111. The second-order valence-corrected chi connectivity index (χ2v) is 3.27. The smallest absolute Gasteiger partial charge is 0.210 e. The predicted octanol–water partition coefficient (Wildman–Crippen LogP) is 2.14. The van der Waals surface area contributed by atoms with Crippen LogP contribution in [0.3, 0.4) is 0 Å². The van der Waals surface area contributed by atoms with Gasteiger partial charge in [-0.05, 0) is 4.57 Å². The Balaban J connectivity index is 3.24. The van der Waals surface area contributed by atoms with Crippen LogP contribution in [-0.4, -0.2) is 6.61 Å². The van der Waals surface area contributed by atoms with Crippen LogP contribution in [-0.2, 0) is 13.7 Å². The van der Waals surface area contributed by atoms with Crippen LogP contribution in [0.5, 0.6) is 0 Å². The van der Waals surface area contributed by atoms with Crippen molar-refractivity contribution in [1.29, 1.82) is 0 Å². The van der Waals surface area contributed by atoms with E-state index < -0.39 is 15.9 Å². The fourth-order valence-corrected chi connectivity index (χ4v) is 0.762. The second kappa shape index (κ2) is 5.04. The molecule has 5 heteroatoms. The molecule has 8 heavy (non-hydrogen) atoms. The Hall–Kier alpha value is -0.100. The van der Waals surface area contributed by atoms with Gasteiger partial charge in [-0.2, -0.15) is 0 Å². The van der Waals surface area contributed by atoms with E-state index in [1.165, 1.54) is 6.08 Å². The third-order valence-electron chi connectivity index (χ3n) is 0.369. The maximum Gasteiger partial charge on any atom is 0.609 e. The van der Waals surface area contributed by atoms with Crippen molar-refractivity contribution in [3.05, 3.63) is 12.7 Å². The van der Waals surface area contributed by atoms with Gasteiger partial charge in [0, 0.05) is 0 Å². The summed E-state index contributed by atoms with van der Waals surface area (Å²) in [6, 6.07) is 0. The molecular weight excluding hydrogens is 146 g/mol. The van der Waals surface area contributed by atoms with E-state index in [-0.39, 0.29) is 6.61 Å². The molecule has 0 spiro atoms. The normalized spacial score (nSPS) is 11.2. The van der Waals surface area contributed by atoms with E-state index in [2.05, 4.69) is 11.1 Å². The van der Waals surface area contributed by atoms with Gasteiger partial charge in [0.25, 0.3) is 0 Å². The lowest BCUT2D eigenvalue weighted by Crippen LogP contribution is -1.72. The number of hydrogen-bond donors (Lipinski definition) is 0. The molecule has 0 aromatic carbocycles. The highest BCUT2D eigenvalue weighted by atomic mass is 32.0. The van der Waals surface area contributed by atoms with Gasteiger partial charge in [-0.25, -0.2) is 4.57 Å². The van der Waals surface area contributed by atoms with E-state index in [0.29, 0.717) is 0 Å². The van der Waals surface area contributed by atoms with Crippen LogP contribution in [0.2, 0.25) is 0 Å². The minimum Gasteiger partial charge on any atom is -0.210 e. The molecule has 0 saturated carbocycles. The minimum atomic E-state index is -1.99. The largest absolute Gasteiger partial charge is 0.609 e. The van der Waals surface area contributed by atoms with Gasteiger partial charge in [0.15, 0.2) is 0 Å². The van der Waals surface area contributed by atoms with Gasteiger partial charge in [-0.15, -0.1) is 11.1 Å². The third kappa shape index (κ3) is 4.07. The fraction of sp³-hybridized carbons (Fsp3) is 0.333. The molecule has 1 atom stereocenters. The van der Waals surface area contributed by atoms with E-state index in [4.69, 9.17) is 0 Å². The van der Waals surface area contributed by atoms with E-state index in [9.17, 15) is 9.13 Å². The van der Waals surface area contributed by atoms with Crippen LogP contribution in [0.15, 0.2) is 12.7 Å². The Morgan fingerprint density at radius 3 is 2.88 bits per heavy atom. The van der Waals surface area contributed by atoms with Crippen molar-refractivity contribution in [3.63, 3.8) is 0 Å². The second-order valence-electron chi connectivity index (χ2n) is 0.904. The monoisotopic (exact) mass is 151 g/mol. The summed E-state index contributed by atoms with van der Waals surface area (Å²) < 4.78 is 24.2. The Kier molecular flexibility index (Phi) is 4.98. The molecule has 0 bridgehead atoms. The first-order valence-electron chi connectivity index (χ1n) is 1.85. The van der Waals surface area contributed by atoms with Crippen molar-refractivity contribution < 1.29 is 13.7 Å². The molecular formula is C3H5O3P2+. The van der Waals surface area contributed by atoms with Crippen LogP contribution < -0.4 is 0 Å². The molecule has 0 heterocycles. The molecule has 1 unspecified atom stereocenters. The maximum atomic E-state index is 10.1. The van der Waals surface area contributed by atoms with Crippen LogP contribution in [0.1, 0.15) is 0 Å². The highest BCUT2D eigenvalue weighted by Gasteiger charge is 2.15. The Morgan fingerprint density at radius 1 is 1.88 bits per heavy atom. The molecule has 0 aliphatic heterocycles. The van der Waals surface area contributed by atoms with Gasteiger partial charge in [-0.1, -0.05) is 6.08 Å². The van der Waals surface area contributed by atoms with Crippen molar-refractivity contribution in [1.82, 2.24) is 0 Å². The quantitative estimate of drug-likeness (QED) is 0.456.